The second kappa shape index (κ2) is 6.64. The van der Waals surface area contributed by atoms with Gasteiger partial charge in [-0.15, -0.1) is 0 Å². The number of anilines is 1. The number of methoxy groups -OCH3 is 1. The molecule has 0 aliphatic carbocycles. The van der Waals surface area contributed by atoms with Gasteiger partial charge in [-0.3, -0.25) is 0 Å². The van der Waals surface area contributed by atoms with E-state index in [0.717, 1.165) is 20.2 Å². The van der Waals surface area contributed by atoms with Crippen molar-refractivity contribution in [2.45, 2.75) is 6.54 Å². The van der Waals surface area contributed by atoms with Crippen LogP contribution in [0.5, 0.6) is 5.75 Å². The Morgan fingerprint density at radius 3 is 2.42 bits per heavy atom. The summed E-state index contributed by atoms with van der Waals surface area (Å²) in [7, 11) is 1.61. The molecule has 0 bridgehead atoms. The van der Waals surface area contributed by atoms with Crippen molar-refractivity contribution >= 4 is 49.1 Å². The van der Waals surface area contributed by atoms with Crippen molar-refractivity contribution in [3.63, 3.8) is 0 Å². The largest absolute Gasteiger partial charge is 0.495 e. The van der Waals surface area contributed by atoms with Gasteiger partial charge in [0.1, 0.15) is 5.75 Å². The first-order valence-electron chi connectivity index (χ1n) is 5.62. The van der Waals surface area contributed by atoms with Crippen LogP contribution >= 0.6 is 43.5 Å². The number of hydrogen-bond donors (Lipinski definition) is 1. The average Bonchev–Trinajstić information content (AvgIpc) is 2.38. The SMILES string of the molecule is COc1ccc(CNc2c(Br)cccc2Br)cc1Cl. The number of benzene rings is 2. The van der Waals surface area contributed by atoms with E-state index in [1.165, 1.54) is 0 Å². The number of ether oxygens (including phenoxy) is 1. The molecule has 0 amide bonds. The van der Waals surface area contributed by atoms with E-state index in [0.29, 0.717) is 17.3 Å². The summed E-state index contributed by atoms with van der Waals surface area (Å²) < 4.78 is 7.16. The average molecular weight is 406 g/mol. The molecular formula is C14H12Br2ClNO. The van der Waals surface area contributed by atoms with Crippen molar-refractivity contribution in [3.8, 4) is 5.75 Å². The second-order valence-electron chi connectivity index (χ2n) is 3.92. The Bertz CT molecular complexity index is 569. The molecule has 0 aromatic heterocycles. The van der Waals surface area contributed by atoms with Gasteiger partial charge in [0.2, 0.25) is 0 Å². The molecule has 0 spiro atoms. The van der Waals surface area contributed by atoms with Crippen molar-refractivity contribution < 1.29 is 4.74 Å². The van der Waals surface area contributed by atoms with Crippen molar-refractivity contribution in [2.75, 3.05) is 12.4 Å². The van der Waals surface area contributed by atoms with Crippen LogP contribution < -0.4 is 10.1 Å². The molecule has 0 fully saturated rings. The van der Waals surface area contributed by atoms with Gasteiger partial charge in [0.15, 0.2) is 0 Å². The van der Waals surface area contributed by atoms with Gasteiger partial charge in [0.25, 0.3) is 0 Å². The maximum atomic E-state index is 6.10. The molecule has 2 rings (SSSR count). The van der Waals surface area contributed by atoms with Gasteiger partial charge in [-0.2, -0.15) is 0 Å². The van der Waals surface area contributed by atoms with Gasteiger partial charge in [-0.05, 0) is 61.7 Å². The fourth-order valence-corrected chi connectivity index (χ4v) is 3.24. The highest BCUT2D eigenvalue weighted by atomic mass is 79.9. The molecule has 5 heteroatoms. The number of halogens is 3. The monoisotopic (exact) mass is 403 g/mol. The van der Waals surface area contributed by atoms with Crippen LogP contribution in [0.2, 0.25) is 5.02 Å². The van der Waals surface area contributed by atoms with Crippen LogP contribution in [0.25, 0.3) is 0 Å². The van der Waals surface area contributed by atoms with E-state index in [1.54, 1.807) is 7.11 Å². The van der Waals surface area contributed by atoms with E-state index < -0.39 is 0 Å². The van der Waals surface area contributed by atoms with Gasteiger partial charge in [-0.1, -0.05) is 23.7 Å². The van der Waals surface area contributed by atoms with E-state index in [-0.39, 0.29) is 0 Å². The zero-order valence-electron chi connectivity index (χ0n) is 10.2. The Kier molecular flexibility index (Phi) is 5.13. The van der Waals surface area contributed by atoms with E-state index >= 15 is 0 Å². The summed E-state index contributed by atoms with van der Waals surface area (Å²) >= 11 is 13.1. The van der Waals surface area contributed by atoms with Gasteiger partial charge >= 0.3 is 0 Å². The smallest absolute Gasteiger partial charge is 0.137 e. The molecule has 0 atom stereocenters. The summed E-state index contributed by atoms with van der Waals surface area (Å²) in [5, 5.41) is 3.99. The summed E-state index contributed by atoms with van der Waals surface area (Å²) in [6.07, 6.45) is 0. The Morgan fingerprint density at radius 2 is 1.84 bits per heavy atom. The fraction of sp³-hybridized carbons (Fsp3) is 0.143. The molecule has 0 radical (unpaired) electrons. The maximum Gasteiger partial charge on any atom is 0.137 e. The van der Waals surface area contributed by atoms with Crippen molar-refractivity contribution in [3.05, 3.63) is 55.9 Å². The summed E-state index contributed by atoms with van der Waals surface area (Å²) in [6, 6.07) is 11.7. The lowest BCUT2D eigenvalue weighted by Crippen LogP contribution is -2.01. The molecule has 0 aliphatic rings. The minimum Gasteiger partial charge on any atom is -0.495 e. The number of para-hydroxylation sites is 1. The van der Waals surface area contributed by atoms with Crippen molar-refractivity contribution in [2.24, 2.45) is 0 Å². The van der Waals surface area contributed by atoms with Crippen molar-refractivity contribution in [1.29, 1.82) is 0 Å². The topological polar surface area (TPSA) is 21.3 Å². The lowest BCUT2D eigenvalue weighted by Gasteiger charge is -2.11. The third kappa shape index (κ3) is 3.65. The highest BCUT2D eigenvalue weighted by molar-refractivity contribution is 9.11. The van der Waals surface area contributed by atoms with Gasteiger partial charge in [0, 0.05) is 15.5 Å². The molecule has 19 heavy (non-hydrogen) atoms. The van der Waals surface area contributed by atoms with Crippen LogP contribution in [-0.2, 0) is 6.54 Å². The summed E-state index contributed by atoms with van der Waals surface area (Å²) in [5.74, 6) is 0.687. The Hall–Kier alpha value is -0.710. The summed E-state index contributed by atoms with van der Waals surface area (Å²) in [6.45, 7) is 0.685. The third-order valence-corrected chi connectivity index (χ3v) is 4.27. The molecule has 0 unspecified atom stereocenters. The summed E-state index contributed by atoms with van der Waals surface area (Å²) in [5.41, 5.74) is 2.11. The molecule has 0 aliphatic heterocycles. The third-order valence-electron chi connectivity index (χ3n) is 2.65. The molecule has 100 valence electrons. The van der Waals surface area contributed by atoms with Crippen LogP contribution in [0.3, 0.4) is 0 Å². The lowest BCUT2D eigenvalue weighted by molar-refractivity contribution is 0.415. The van der Waals surface area contributed by atoms with Gasteiger partial charge in [-0.25, -0.2) is 0 Å². The fourth-order valence-electron chi connectivity index (χ4n) is 1.68. The van der Waals surface area contributed by atoms with Gasteiger partial charge < -0.3 is 10.1 Å². The predicted molar refractivity (Wildman–Crippen MR) is 87.2 cm³/mol. The molecule has 2 nitrogen and oxygen atoms in total. The zero-order chi connectivity index (χ0) is 13.8. The highest BCUT2D eigenvalue weighted by Crippen LogP contribution is 2.31. The molecule has 1 N–H and O–H groups in total. The Balaban J connectivity index is 2.13. The molecule has 0 saturated heterocycles. The molecular weight excluding hydrogens is 393 g/mol. The number of nitrogens with one attached hydrogen (secondary N) is 1. The number of rotatable bonds is 4. The quantitative estimate of drug-likeness (QED) is 0.727. The predicted octanol–water partition coefficient (Wildman–Crippen LogP) is 5.49. The molecule has 2 aromatic carbocycles. The minimum absolute atomic E-state index is 0.619. The van der Waals surface area contributed by atoms with Crippen LogP contribution in [0.1, 0.15) is 5.56 Å². The first-order valence-corrected chi connectivity index (χ1v) is 7.58. The first kappa shape index (κ1) is 14.7. The summed E-state index contributed by atoms with van der Waals surface area (Å²) in [4.78, 5) is 0. The van der Waals surface area contributed by atoms with Crippen LogP contribution in [0.4, 0.5) is 5.69 Å². The lowest BCUT2D eigenvalue weighted by atomic mass is 10.2. The molecule has 0 saturated carbocycles. The van der Waals surface area contributed by atoms with E-state index in [9.17, 15) is 0 Å². The normalized spacial score (nSPS) is 10.3. The van der Waals surface area contributed by atoms with E-state index in [4.69, 9.17) is 16.3 Å². The molecule has 2 aromatic rings. The van der Waals surface area contributed by atoms with E-state index in [1.807, 2.05) is 36.4 Å². The maximum absolute atomic E-state index is 6.10. The van der Waals surface area contributed by atoms with Crippen LogP contribution in [0.15, 0.2) is 45.3 Å². The first-order chi connectivity index (χ1) is 9.11. The Labute approximate surface area is 134 Å². The van der Waals surface area contributed by atoms with Gasteiger partial charge in [0.05, 0.1) is 17.8 Å². The zero-order valence-corrected chi connectivity index (χ0v) is 14.1. The van der Waals surface area contributed by atoms with Crippen molar-refractivity contribution in [1.82, 2.24) is 0 Å². The highest BCUT2D eigenvalue weighted by Gasteiger charge is 2.05. The molecule has 0 heterocycles. The standard InChI is InChI=1S/C14H12Br2ClNO/c1-19-13-6-5-9(7-12(13)17)8-18-14-10(15)3-2-4-11(14)16/h2-7,18H,8H2,1H3. The van der Waals surface area contributed by atoms with Crippen LogP contribution in [0, 0.1) is 0 Å². The second-order valence-corrected chi connectivity index (χ2v) is 6.03. The Morgan fingerprint density at radius 1 is 1.16 bits per heavy atom. The van der Waals surface area contributed by atoms with Crippen LogP contribution in [-0.4, -0.2) is 7.11 Å². The number of hydrogen-bond acceptors (Lipinski definition) is 2. The minimum atomic E-state index is 0.619. The van der Waals surface area contributed by atoms with E-state index in [2.05, 4.69) is 37.2 Å².